The molecular weight excluding hydrogens is 848 g/mol. The van der Waals surface area contributed by atoms with E-state index >= 15 is 0 Å². The highest BCUT2D eigenvalue weighted by Crippen LogP contribution is 2.56. The van der Waals surface area contributed by atoms with Crippen molar-refractivity contribution in [3.05, 3.63) is 173 Å². The van der Waals surface area contributed by atoms with Gasteiger partial charge < -0.3 is 18.9 Å². The molecule has 4 nitrogen and oxygen atoms in total. The lowest BCUT2D eigenvalue weighted by Gasteiger charge is -2.48. The van der Waals surface area contributed by atoms with Crippen LogP contribution >= 0.6 is 11.8 Å². The molecule has 0 N–H and O–H groups in total. The minimum Gasteiger partial charge on any atom is -0.456 e. The van der Waals surface area contributed by atoms with Gasteiger partial charge in [0.15, 0.2) is 0 Å². The van der Waals surface area contributed by atoms with Crippen LogP contribution in [0.1, 0.15) is 89.1 Å². The predicted molar refractivity (Wildman–Crippen MR) is 287 cm³/mol. The summed E-state index contributed by atoms with van der Waals surface area (Å²) in [6, 6.07) is 54.5. The Hall–Kier alpha value is -6.63. The third-order valence-corrected chi connectivity index (χ3v) is 16.8. The number of hydrogen-bond acceptors (Lipinski definition) is 5. The van der Waals surface area contributed by atoms with Crippen molar-refractivity contribution in [3.63, 3.8) is 0 Å². The first-order valence-corrected chi connectivity index (χ1v) is 25.1. The Balaban J connectivity index is 1.18. The van der Waals surface area contributed by atoms with Crippen LogP contribution in [0.2, 0.25) is 0 Å². The molecule has 8 aromatic carbocycles. The van der Waals surface area contributed by atoms with Gasteiger partial charge in [0, 0.05) is 50.3 Å². The van der Waals surface area contributed by atoms with Gasteiger partial charge in [0.25, 0.3) is 0 Å². The molecule has 0 radical (unpaired) electrons. The van der Waals surface area contributed by atoms with Crippen molar-refractivity contribution in [2.75, 3.05) is 9.71 Å². The molecule has 0 saturated carbocycles. The molecule has 334 valence electrons. The molecule has 1 aliphatic carbocycles. The van der Waals surface area contributed by atoms with E-state index in [0.717, 1.165) is 61.0 Å². The highest BCUT2D eigenvalue weighted by atomic mass is 32.2. The lowest BCUT2D eigenvalue weighted by Crippen LogP contribution is -2.61. The Bertz CT molecular complexity index is 3620. The van der Waals surface area contributed by atoms with Crippen LogP contribution in [0.15, 0.2) is 160 Å². The van der Waals surface area contributed by atoms with Crippen molar-refractivity contribution in [2.45, 2.75) is 101 Å². The lowest BCUT2D eigenvalue weighted by molar-refractivity contribution is 0.332. The average molecular weight is 903 g/mol. The molecule has 0 amide bonds. The standard InChI is InChI=1S/C62H55BN2O2S/c1-36-29-42-57-47(25-26-53-58(57)40-19-13-14-20-51(40)66-53)65(46-24-23-39(60(3,4)5)32-41(46)38-17-11-10-12-18-38)63-45-34-54-56(68-55-22-16-15-21-52(55)67-54)35-49(45)64(50(30-36)59(42)63)48-33-44-43(31-37(48)2)61(6,7)27-28-62(44,8)9/h10-26,29-35H,27-28H2,1-9H3. The van der Waals surface area contributed by atoms with E-state index < -0.39 is 0 Å². The van der Waals surface area contributed by atoms with Crippen LogP contribution in [-0.2, 0) is 16.2 Å². The molecular formula is C62H55BN2O2S. The van der Waals surface area contributed by atoms with E-state index in [4.69, 9.17) is 9.15 Å². The van der Waals surface area contributed by atoms with Gasteiger partial charge in [0.05, 0.1) is 9.79 Å². The zero-order valence-electron chi connectivity index (χ0n) is 40.5. The molecule has 4 heterocycles. The van der Waals surface area contributed by atoms with Crippen LogP contribution in [0.4, 0.5) is 28.4 Å². The molecule has 3 aliphatic heterocycles. The first-order valence-electron chi connectivity index (χ1n) is 24.3. The van der Waals surface area contributed by atoms with E-state index in [1.807, 2.05) is 0 Å². The van der Waals surface area contributed by atoms with E-state index in [1.54, 1.807) is 11.8 Å². The molecule has 1 aromatic heterocycles. The Morgan fingerprint density at radius 1 is 0.588 bits per heavy atom. The van der Waals surface area contributed by atoms with Crippen LogP contribution in [0.3, 0.4) is 0 Å². The third kappa shape index (κ3) is 6.08. The van der Waals surface area contributed by atoms with E-state index in [-0.39, 0.29) is 23.1 Å². The Morgan fingerprint density at radius 2 is 1.31 bits per heavy atom. The summed E-state index contributed by atoms with van der Waals surface area (Å²) >= 11 is 1.81. The summed E-state index contributed by atoms with van der Waals surface area (Å²) < 4.78 is 13.7. The van der Waals surface area contributed by atoms with Crippen LogP contribution in [0.5, 0.6) is 11.5 Å². The van der Waals surface area contributed by atoms with Crippen molar-refractivity contribution in [3.8, 4) is 33.8 Å². The molecule has 4 aliphatic rings. The second-order valence-electron chi connectivity index (χ2n) is 22.1. The topological polar surface area (TPSA) is 28.9 Å². The normalized spacial score (nSPS) is 16.1. The maximum atomic E-state index is 6.96. The van der Waals surface area contributed by atoms with E-state index in [9.17, 15) is 0 Å². The minimum atomic E-state index is -0.220. The molecule has 0 saturated heterocycles. The molecule has 0 unspecified atom stereocenters. The quantitative estimate of drug-likeness (QED) is 0.165. The second kappa shape index (κ2) is 14.4. The van der Waals surface area contributed by atoms with Gasteiger partial charge in [-0.15, -0.1) is 0 Å². The molecule has 0 bridgehead atoms. The maximum absolute atomic E-state index is 6.96. The van der Waals surface area contributed by atoms with Gasteiger partial charge in [-0.3, -0.25) is 0 Å². The van der Waals surface area contributed by atoms with Crippen LogP contribution in [0, 0.1) is 13.8 Å². The summed E-state index contributed by atoms with van der Waals surface area (Å²) in [4.78, 5) is 7.55. The number of ether oxygens (including phenoxy) is 1. The minimum absolute atomic E-state index is 0.0283. The van der Waals surface area contributed by atoms with E-state index in [0.29, 0.717) is 0 Å². The zero-order valence-corrected chi connectivity index (χ0v) is 41.3. The molecule has 13 rings (SSSR count). The molecule has 9 aromatic rings. The smallest absolute Gasteiger partial charge is 0.333 e. The van der Waals surface area contributed by atoms with E-state index in [1.165, 1.54) is 84.5 Å². The number of furan rings is 1. The largest absolute Gasteiger partial charge is 0.456 e. The first-order chi connectivity index (χ1) is 32.6. The molecule has 68 heavy (non-hydrogen) atoms. The monoisotopic (exact) mass is 902 g/mol. The first kappa shape index (κ1) is 41.6. The Morgan fingerprint density at radius 3 is 2.10 bits per heavy atom. The van der Waals surface area contributed by atoms with Crippen molar-refractivity contribution in [1.29, 1.82) is 0 Å². The van der Waals surface area contributed by atoms with Gasteiger partial charge in [-0.05, 0) is 160 Å². The average Bonchev–Trinajstić information content (AvgIpc) is 3.71. The number of aryl methyl sites for hydroxylation is 2. The predicted octanol–water partition coefficient (Wildman–Crippen LogP) is 16.5. The highest BCUT2D eigenvalue weighted by Gasteiger charge is 2.48. The third-order valence-electron chi connectivity index (χ3n) is 15.7. The number of para-hydroxylation sites is 2. The fraction of sp³-hybridized carbons (Fsp3) is 0.226. The van der Waals surface area contributed by atoms with E-state index in [2.05, 4.69) is 218 Å². The van der Waals surface area contributed by atoms with Crippen molar-refractivity contribution in [1.82, 2.24) is 0 Å². The van der Waals surface area contributed by atoms with Gasteiger partial charge in [-0.2, -0.15) is 0 Å². The number of hydrogen-bond donors (Lipinski definition) is 0. The van der Waals surface area contributed by atoms with Gasteiger partial charge in [0.2, 0.25) is 0 Å². The summed E-state index contributed by atoms with van der Waals surface area (Å²) in [6.07, 6.45) is 2.32. The molecule has 0 atom stereocenters. The number of fused-ring (bicyclic) bond motifs is 11. The Kier molecular flexibility index (Phi) is 8.83. The molecule has 0 fully saturated rings. The highest BCUT2D eigenvalue weighted by molar-refractivity contribution is 7.99. The van der Waals surface area contributed by atoms with Gasteiger partial charge in [-0.1, -0.05) is 139 Å². The number of anilines is 5. The van der Waals surface area contributed by atoms with Crippen LogP contribution < -0.4 is 25.4 Å². The van der Waals surface area contributed by atoms with Gasteiger partial charge >= 0.3 is 6.85 Å². The van der Waals surface area contributed by atoms with Crippen LogP contribution in [-0.4, -0.2) is 6.85 Å². The van der Waals surface area contributed by atoms with Crippen LogP contribution in [0.25, 0.3) is 44.2 Å². The van der Waals surface area contributed by atoms with Crippen molar-refractivity contribution in [2.24, 2.45) is 0 Å². The zero-order chi connectivity index (χ0) is 46.6. The summed E-state index contributed by atoms with van der Waals surface area (Å²) in [7, 11) is 0. The summed E-state index contributed by atoms with van der Waals surface area (Å²) in [5, 5.41) is 2.27. The number of nitrogens with zero attached hydrogens (tertiary/aromatic N) is 2. The second-order valence-corrected chi connectivity index (χ2v) is 23.2. The fourth-order valence-corrected chi connectivity index (χ4v) is 12.9. The SMILES string of the molecule is Cc1cc2c3c(c1)N(c1cc4c(cc1C)C(C)(C)CCC4(C)C)c1cc4c(cc1B3N(c1ccc(C(C)(C)C)cc1-c1ccccc1)c1ccc3oc5ccccc5c3c1-2)Oc1ccccc1S4. The molecule has 6 heteroatoms. The van der Waals surface area contributed by atoms with Crippen molar-refractivity contribution >= 4 is 79.9 Å². The summed E-state index contributed by atoms with van der Waals surface area (Å²) in [5.74, 6) is 1.79. The summed E-state index contributed by atoms with van der Waals surface area (Å²) in [6.45, 7) is 21.1. The molecule has 0 spiro atoms. The number of rotatable bonds is 3. The Labute approximate surface area is 405 Å². The lowest BCUT2D eigenvalue weighted by atomic mass is 9.43. The van der Waals surface area contributed by atoms with Gasteiger partial charge in [0.1, 0.15) is 22.7 Å². The van der Waals surface area contributed by atoms with Gasteiger partial charge in [-0.25, -0.2) is 0 Å². The number of benzene rings is 8. The summed E-state index contributed by atoms with van der Waals surface area (Å²) in [5.41, 5.74) is 21.8. The fourth-order valence-electron chi connectivity index (χ4n) is 12.0. The van der Waals surface area contributed by atoms with Crippen molar-refractivity contribution < 1.29 is 9.15 Å². The maximum Gasteiger partial charge on any atom is 0.333 e.